The molecule has 2 heterocycles. The topological polar surface area (TPSA) is 85.5 Å². The van der Waals surface area contributed by atoms with E-state index in [1.54, 1.807) is 11.9 Å². The maximum Gasteiger partial charge on any atom is 0.267 e. The molecular formula is C21H17F2N3O3. The number of fused-ring (bicyclic) bond motifs is 1. The summed E-state index contributed by atoms with van der Waals surface area (Å²) in [6.07, 6.45) is 0.651. The Morgan fingerprint density at radius 3 is 2.69 bits per heavy atom. The zero-order valence-corrected chi connectivity index (χ0v) is 15.8. The zero-order valence-electron chi connectivity index (χ0n) is 15.8. The quantitative estimate of drug-likeness (QED) is 0.803. The highest BCUT2D eigenvalue weighted by Crippen LogP contribution is 2.57. The van der Waals surface area contributed by atoms with Crippen LogP contribution in [0.25, 0.3) is 11.3 Å². The van der Waals surface area contributed by atoms with Crippen LogP contribution >= 0.6 is 0 Å². The third kappa shape index (κ3) is 3.09. The van der Waals surface area contributed by atoms with Crippen molar-refractivity contribution in [2.45, 2.75) is 6.42 Å². The number of pyridine rings is 1. The van der Waals surface area contributed by atoms with Crippen LogP contribution in [0, 0.1) is 34.8 Å². The third-order valence-electron chi connectivity index (χ3n) is 5.37. The first-order valence-corrected chi connectivity index (χ1v) is 8.89. The molecule has 2 amide bonds. The van der Waals surface area contributed by atoms with Crippen LogP contribution in [0.4, 0.5) is 8.78 Å². The van der Waals surface area contributed by atoms with Crippen LogP contribution in [0.3, 0.4) is 0 Å². The van der Waals surface area contributed by atoms with Crippen molar-refractivity contribution in [3.05, 3.63) is 47.2 Å². The molecule has 148 valence electrons. The van der Waals surface area contributed by atoms with E-state index < -0.39 is 23.0 Å². The van der Waals surface area contributed by atoms with Crippen molar-refractivity contribution in [3.8, 4) is 28.8 Å². The van der Waals surface area contributed by atoms with Crippen molar-refractivity contribution in [2.75, 3.05) is 20.7 Å². The number of methoxy groups -OCH3 is 1. The summed E-state index contributed by atoms with van der Waals surface area (Å²) >= 11 is 0. The summed E-state index contributed by atoms with van der Waals surface area (Å²) in [6, 6.07) is 4.64. The predicted molar refractivity (Wildman–Crippen MR) is 99.7 cm³/mol. The second kappa shape index (κ2) is 6.55. The second-order valence-electron chi connectivity index (χ2n) is 7.26. The lowest BCUT2D eigenvalue weighted by molar-refractivity contribution is -0.130. The van der Waals surface area contributed by atoms with E-state index in [9.17, 15) is 18.4 Å². The molecule has 2 aromatic rings. The second-order valence-corrected chi connectivity index (χ2v) is 7.26. The van der Waals surface area contributed by atoms with E-state index in [4.69, 9.17) is 10.5 Å². The number of aromatic nitrogens is 1. The van der Waals surface area contributed by atoms with Crippen LogP contribution in [-0.2, 0) is 4.79 Å². The van der Waals surface area contributed by atoms with Crippen LogP contribution in [0.15, 0.2) is 24.3 Å². The number of carbonyl (C=O) groups is 2. The number of primary amides is 1. The Labute approximate surface area is 165 Å². The fourth-order valence-corrected chi connectivity index (χ4v) is 3.68. The Kier molecular flexibility index (Phi) is 4.26. The van der Waals surface area contributed by atoms with Crippen molar-refractivity contribution in [2.24, 2.45) is 17.1 Å². The van der Waals surface area contributed by atoms with E-state index in [2.05, 4.69) is 16.8 Å². The molecular weight excluding hydrogens is 380 g/mol. The van der Waals surface area contributed by atoms with E-state index in [0.29, 0.717) is 19.0 Å². The van der Waals surface area contributed by atoms with Gasteiger partial charge >= 0.3 is 0 Å². The fraction of sp³-hybridized carbons (Fsp3) is 0.286. The molecule has 29 heavy (non-hydrogen) atoms. The summed E-state index contributed by atoms with van der Waals surface area (Å²) in [5.74, 6) is 3.40. The van der Waals surface area contributed by atoms with Crippen LogP contribution in [0.2, 0.25) is 0 Å². The monoisotopic (exact) mass is 397 g/mol. The molecule has 2 N–H and O–H groups in total. The van der Waals surface area contributed by atoms with Gasteiger partial charge in [0.05, 0.1) is 18.4 Å². The van der Waals surface area contributed by atoms with E-state index in [-0.39, 0.29) is 40.1 Å². The standard InChI is InChI=1S/C21H17F2N3O3/c1-26-10-12-9-21(12,20(26)28)4-3-11-5-14(16(23)8-15(11)22)17-6-13(29-2)7-18(25-17)19(24)27/h5-8,12H,9-10H2,1-2H3,(H2,24,27)/t12?,21-/m0/s1. The number of nitrogens with two attached hydrogens (primary N) is 1. The van der Waals surface area contributed by atoms with Gasteiger partial charge in [-0.3, -0.25) is 9.59 Å². The first kappa shape index (κ1) is 18.9. The highest BCUT2D eigenvalue weighted by molar-refractivity contribution is 5.93. The lowest BCUT2D eigenvalue weighted by atomic mass is 10.0. The molecule has 0 bridgehead atoms. The van der Waals surface area contributed by atoms with Gasteiger partial charge in [0.25, 0.3) is 5.91 Å². The number of benzene rings is 1. The molecule has 6 nitrogen and oxygen atoms in total. The number of amides is 2. The average molecular weight is 397 g/mol. The SMILES string of the molecule is COc1cc(C(N)=O)nc(-c2cc(C#C[C@]34CC3CN(C)C4=O)c(F)cc2F)c1. The highest BCUT2D eigenvalue weighted by atomic mass is 19.1. The normalized spacial score (nSPS) is 22.0. The van der Waals surface area contributed by atoms with Gasteiger partial charge in [0, 0.05) is 43.3 Å². The molecule has 0 spiro atoms. The number of carbonyl (C=O) groups excluding carboxylic acids is 2. The van der Waals surface area contributed by atoms with Crippen molar-refractivity contribution < 1.29 is 23.1 Å². The van der Waals surface area contributed by atoms with Crippen molar-refractivity contribution in [1.29, 1.82) is 0 Å². The largest absolute Gasteiger partial charge is 0.497 e. The minimum atomic E-state index is -0.872. The fourth-order valence-electron chi connectivity index (χ4n) is 3.68. The number of likely N-dealkylation sites (tertiary alicyclic amines) is 1. The molecule has 1 aromatic heterocycles. The van der Waals surface area contributed by atoms with Gasteiger partial charge in [-0.1, -0.05) is 11.8 Å². The number of ether oxygens (including phenoxy) is 1. The van der Waals surface area contributed by atoms with Crippen LogP contribution in [0.1, 0.15) is 22.5 Å². The molecule has 1 unspecified atom stereocenters. The number of hydrogen-bond donors (Lipinski definition) is 1. The molecule has 2 atom stereocenters. The van der Waals surface area contributed by atoms with E-state index >= 15 is 0 Å². The molecule has 8 heteroatoms. The molecule has 0 radical (unpaired) electrons. The van der Waals surface area contributed by atoms with Gasteiger partial charge in [-0.05, 0) is 12.5 Å². The molecule has 1 saturated heterocycles. The van der Waals surface area contributed by atoms with Crippen LogP contribution in [0.5, 0.6) is 5.75 Å². The Balaban J connectivity index is 1.77. The minimum Gasteiger partial charge on any atom is -0.497 e. The van der Waals surface area contributed by atoms with Gasteiger partial charge in [0.15, 0.2) is 0 Å². The van der Waals surface area contributed by atoms with E-state index in [1.165, 1.54) is 25.3 Å². The van der Waals surface area contributed by atoms with Gasteiger partial charge in [0.1, 0.15) is 28.5 Å². The van der Waals surface area contributed by atoms with Crippen molar-refractivity contribution in [1.82, 2.24) is 9.88 Å². The Bertz CT molecular complexity index is 1120. The Morgan fingerprint density at radius 1 is 1.31 bits per heavy atom. The van der Waals surface area contributed by atoms with Gasteiger partial charge in [-0.2, -0.15) is 0 Å². The minimum absolute atomic E-state index is 0.0536. The lowest BCUT2D eigenvalue weighted by Gasteiger charge is -2.11. The zero-order chi connectivity index (χ0) is 20.9. The van der Waals surface area contributed by atoms with Gasteiger partial charge in [0.2, 0.25) is 5.91 Å². The third-order valence-corrected chi connectivity index (χ3v) is 5.37. The summed E-state index contributed by atoms with van der Waals surface area (Å²) in [4.78, 5) is 29.4. The maximum absolute atomic E-state index is 14.5. The molecule has 1 aliphatic heterocycles. The van der Waals surface area contributed by atoms with Crippen molar-refractivity contribution >= 4 is 11.8 Å². The van der Waals surface area contributed by atoms with Crippen LogP contribution < -0.4 is 10.5 Å². The smallest absolute Gasteiger partial charge is 0.267 e. The Hall–Kier alpha value is -3.47. The summed E-state index contributed by atoms with van der Waals surface area (Å²) in [5, 5.41) is 0. The van der Waals surface area contributed by atoms with Gasteiger partial charge in [-0.25, -0.2) is 13.8 Å². The average Bonchev–Trinajstić information content (AvgIpc) is 3.33. The highest BCUT2D eigenvalue weighted by Gasteiger charge is 2.65. The predicted octanol–water partition coefficient (Wildman–Crippen LogP) is 1.96. The molecule has 1 aliphatic carbocycles. The number of halogens is 2. The van der Waals surface area contributed by atoms with E-state index in [0.717, 1.165) is 0 Å². The van der Waals surface area contributed by atoms with Crippen molar-refractivity contribution in [3.63, 3.8) is 0 Å². The number of rotatable bonds is 3. The van der Waals surface area contributed by atoms with Gasteiger partial charge < -0.3 is 15.4 Å². The summed E-state index contributed by atoms with van der Waals surface area (Å²) in [7, 11) is 3.09. The molecule has 1 aromatic carbocycles. The molecule has 1 saturated carbocycles. The molecule has 4 rings (SSSR count). The lowest BCUT2D eigenvalue weighted by Crippen LogP contribution is -2.27. The maximum atomic E-state index is 14.5. The van der Waals surface area contributed by atoms with Gasteiger partial charge in [-0.15, -0.1) is 0 Å². The Morgan fingerprint density at radius 2 is 2.07 bits per heavy atom. The summed E-state index contributed by atoms with van der Waals surface area (Å²) in [6.45, 7) is 0.633. The number of nitrogens with zero attached hydrogens (tertiary/aromatic N) is 2. The first-order chi connectivity index (χ1) is 13.7. The summed E-state index contributed by atoms with van der Waals surface area (Å²) < 4.78 is 33.9. The van der Waals surface area contributed by atoms with Crippen LogP contribution in [-0.4, -0.2) is 42.4 Å². The first-order valence-electron chi connectivity index (χ1n) is 8.89. The number of piperidine rings is 1. The van der Waals surface area contributed by atoms with E-state index in [1.807, 2.05) is 0 Å². The number of hydrogen-bond acceptors (Lipinski definition) is 4. The summed E-state index contributed by atoms with van der Waals surface area (Å²) in [5.41, 5.74) is 4.33. The molecule has 2 fully saturated rings. The molecule has 2 aliphatic rings.